The van der Waals surface area contributed by atoms with Crippen molar-refractivity contribution in [3.63, 3.8) is 0 Å². The number of carbonyl (C=O) groups excluding carboxylic acids is 2. The number of carbonyl (C=O) groups is 2. The maximum Gasteiger partial charge on any atom is 0.258 e. The number of fused-ring (bicyclic) bond motifs is 1. The molecule has 0 spiro atoms. The zero-order valence-corrected chi connectivity index (χ0v) is 19.0. The number of hydrogen-bond acceptors (Lipinski definition) is 4. The summed E-state index contributed by atoms with van der Waals surface area (Å²) < 4.78 is 5.70. The quantitative estimate of drug-likeness (QED) is 0.358. The van der Waals surface area contributed by atoms with E-state index in [4.69, 9.17) is 4.74 Å². The lowest BCUT2D eigenvalue weighted by molar-refractivity contribution is -0.123. The van der Waals surface area contributed by atoms with Crippen LogP contribution in [0.25, 0.3) is 10.8 Å². The molecule has 0 heterocycles. The fraction of sp³-hybridized carbons (Fsp3) is 0.172. The van der Waals surface area contributed by atoms with Crippen molar-refractivity contribution < 1.29 is 19.4 Å². The van der Waals surface area contributed by atoms with Crippen LogP contribution in [0.4, 0.5) is 0 Å². The van der Waals surface area contributed by atoms with Gasteiger partial charge in [0.1, 0.15) is 17.3 Å². The van der Waals surface area contributed by atoms with Crippen molar-refractivity contribution in [3.05, 3.63) is 108 Å². The molecule has 4 rings (SSSR count). The van der Waals surface area contributed by atoms with Gasteiger partial charge in [-0.2, -0.15) is 0 Å². The van der Waals surface area contributed by atoms with E-state index in [9.17, 15) is 14.7 Å². The molecular weight excluding hydrogens is 426 g/mol. The highest BCUT2D eigenvalue weighted by molar-refractivity contribution is 5.89. The summed E-state index contributed by atoms with van der Waals surface area (Å²) in [5.74, 6) is 0.546. The van der Waals surface area contributed by atoms with E-state index >= 15 is 0 Å². The van der Waals surface area contributed by atoms with Gasteiger partial charge in [0, 0.05) is 12.0 Å². The van der Waals surface area contributed by atoms with Crippen molar-refractivity contribution in [2.24, 2.45) is 0 Å². The number of aryl methyl sites for hydroxylation is 1. The molecule has 1 atom stereocenters. The van der Waals surface area contributed by atoms with Gasteiger partial charge < -0.3 is 20.0 Å². The Bertz CT molecular complexity index is 1280. The molecule has 0 aromatic heterocycles. The van der Waals surface area contributed by atoms with Crippen LogP contribution in [0.15, 0.2) is 91.0 Å². The first-order valence-corrected chi connectivity index (χ1v) is 11.3. The summed E-state index contributed by atoms with van der Waals surface area (Å²) in [6.07, 6.45) is 1.19. The highest BCUT2D eigenvalue weighted by Crippen LogP contribution is 2.35. The third kappa shape index (κ3) is 5.62. The smallest absolute Gasteiger partial charge is 0.258 e. The minimum Gasteiger partial charge on any atom is -0.508 e. The van der Waals surface area contributed by atoms with Crippen LogP contribution in [0.5, 0.6) is 11.5 Å². The molecule has 0 bridgehead atoms. The Kier molecular flexibility index (Phi) is 7.23. The molecule has 4 aromatic carbocycles. The standard InChI is InChI=1S/C29H27NO4/c1-20(31)11-12-21-13-16-24(17-14-21)34-19-27(33)30-29(23-8-3-2-4-9-23)28-25-10-6-5-7-22(25)15-18-26(28)32/h2-10,13-18,29,32H,11-12,19H2,1H3,(H,30,33). The van der Waals surface area contributed by atoms with Gasteiger partial charge in [0.25, 0.3) is 5.91 Å². The van der Waals surface area contributed by atoms with E-state index in [1.165, 1.54) is 0 Å². The summed E-state index contributed by atoms with van der Waals surface area (Å²) in [6, 6.07) is 27.7. The monoisotopic (exact) mass is 453 g/mol. The van der Waals surface area contributed by atoms with Crippen LogP contribution in [-0.4, -0.2) is 23.4 Å². The number of amides is 1. The van der Waals surface area contributed by atoms with Crippen LogP contribution in [0.3, 0.4) is 0 Å². The van der Waals surface area contributed by atoms with Crippen LogP contribution in [0, 0.1) is 0 Å². The van der Waals surface area contributed by atoms with Crippen molar-refractivity contribution in [1.29, 1.82) is 0 Å². The lowest BCUT2D eigenvalue weighted by Gasteiger charge is -2.22. The van der Waals surface area contributed by atoms with E-state index in [1.807, 2.05) is 72.8 Å². The average molecular weight is 454 g/mol. The van der Waals surface area contributed by atoms with Gasteiger partial charge in [0.05, 0.1) is 6.04 Å². The van der Waals surface area contributed by atoms with Crippen LogP contribution in [0.1, 0.15) is 36.1 Å². The Balaban J connectivity index is 1.52. The van der Waals surface area contributed by atoms with Gasteiger partial charge in [-0.1, -0.05) is 72.8 Å². The minimum atomic E-state index is -0.544. The molecule has 172 valence electrons. The highest BCUT2D eigenvalue weighted by atomic mass is 16.5. The van der Waals surface area contributed by atoms with Crippen molar-refractivity contribution in [3.8, 4) is 11.5 Å². The molecule has 0 saturated heterocycles. The third-order valence-corrected chi connectivity index (χ3v) is 5.73. The third-order valence-electron chi connectivity index (χ3n) is 5.73. The Morgan fingerprint density at radius 3 is 2.32 bits per heavy atom. The maximum atomic E-state index is 12.9. The van der Waals surface area contributed by atoms with Crippen LogP contribution in [0.2, 0.25) is 0 Å². The number of phenolic OH excluding ortho intramolecular Hbond substituents is 1. The minimum absolute atomic E-state index is 0.120. The Hall–Kier alpha value is -4.12. The van der Waals surface area contributed by atoms with E-state index in [-0.39, 0.29) is 24.0 Å². The predicted molar refractivity (Wildman–Crippen MR) is 133 cm³/mol. The van der Waals surface area contributed by atoms with Gasteiger partial charge in [-0.05, 0) is 53.4 Å². The van der Waals surface area contributed by atoms with Crippen LogP contribution in [-0.2, 0) is 16.0 Å². The SMILES string of the molecule is CC(=O)CCc1ccc(OCC(=O)NC(c2ccccc2)c2c(O)ccc3ccccc23)cc1. The number of nitrogens with one attached hydrogen (secondary N) is 1. The highest BCUT2D eigenvalue weighted by Gasteiger charge is 2.22. The Morgan fingerprint density at radius 2 is 1.59 bits per heavy atom. The van der Waals surface area contributed by atoms with Gasteiger partial charge in [-0.25, -0.2) is 0 Å². The molecule has 0 radical (unpaired) electrons. The van der Waals surface area contributed by atoms with Crippen molar-refractivity contribution in [2.45, 2.75) is 25.8 Å². The lowest BCUT2D eigenvalue weighted by atomic mass is 9.92. The summed E-state index contributed by atoms with van der Waals surface area (Å²) in [5.41, 5.74) is 2.55. The first-order valence-electron chi connectivity index (χ1n) is 11.3. The molecular formula is C29H27NO4. The Morgan fingerprint density at radius 1 is 0.882 bits per heavy atom. The second kappa shape index (κ2) is 10.7. The number of ether oxygens (including phenoxy) is 1. The van der Waals surface area contributed by atoms with E-state index in [1.54, 1.807) is 25.1 Å². The molecule has 0 fully saturated rings. The normalized spacial score (nSPS) is 11.7. The van der Waals surface area contributed by atoms with E-state index in [0.29, 0.717) is 24.2 Å². The van der Waals surface area contributed by atoms with Crippen LogP contribution < -0.4 is 10.1 Å². The van der Waals surface area contributed by atoms with Crippen molar-refractivity contribution >= 4 is 22.5 Å². The Labute approximate surface area is 199 Å². The molecule has 1 unspecified atom stereocenters. The second-order valence-electron chi connectivity index (χ2n) is 8.27. The van der Waals surface area contributed by atoms with Gasteiger partial charge in [-0.3, -0.25) is 4.79 Å². The van der Waals surface area contributed by atoms with E-state index < -0.39 is 6.04 Å². The summed E-state index contributed by atoms with van der Waals surface area (Å²) in [5, 5.41) is 15.6. The molecule has 0 aliphatic heterocycles. The van der Waals surface area contributed by atoms with Crippen molar-refractivity contribution in [2.75, 3.05) is 6.61 Å². The largest absolute Gasteiger partial charge is 0.508 e. The number of phenols is 1. The van der Waals surface area contributed by atoms with Gasteiger partial charge in [0.15, 0.2) is 6.61 Å². The maximum absolute atomic E-state index is 12.9. The molecule has 5 nitrogen and oxygen atoms in total. The number of rotatable bonds is 9. The summed E-state index contributed by atoms with van der Waals surface area (Å²) in [4.78, 5) is 24.1. The molecule has 5 heteroatoms. The number of ketones is 1. The molecule has 34 heavy (non-hydrogen) atoms. The first-order chi connectivity index (χ1) is 16.5. The van der Waals surface area contributed by atoms with Gasteiger partial charge >= 0.3 is 0 Å². The molecule has 0 aliphatic rings. The topological polar surface area (TPSA) is 75.6 Å². The number of Topliss-reactive ketones (excluding diaryl/α,β-unsaturated/α-hetero) is 1. The fourth-order valence-corrected chi connectivity index (χ4v) is 3.98. The molecule has 1 amide bonds. The summed E-state index contributed by atoms with van der Waals surface area (Å²) in [7, 11) is 0. The second-order valence-corrected chi connectivity index (χ2v) is 8.27. The van der Waals surface area contributed by atoms with Gasteiger partial charge in [0.2, 0.25) is 0 Å². The number of aromatic hydroxyl groups is 1. The molecule has 4 aromatic rings. The predicted octanol–water partition coefficient (Wildman–Crippen LogP) is 5.35. The zero-order chi connectivity index (χ0) is 23.9. The number of benzene rings is 4. The van der Waals surface area contributed by atoms with Gasteiger partial charge in [-0.15, -0.1) is 0 Å². The average Bonchev–Trinajstić information content (AvgIpc) is 2.86. The summed E-state index contributed by atoms with van der Waals surface area (Å²) in [6.45, 7) is 1.42. The first kappa shape index (κ1) is 23.1. The number of hydrogen-bond donors (Lipinski definition) is 2. The van der Waals surface area contributed by atoms with Crippen LogP contribution >= 0.6 is 0 Å². The fourth-order valence-electron chi connectivity index (χ4n) is 3.98. The lowest BCUT2D eigenvalue weighted by Crippen LogP contribution is -2.33. The molecule has 2 N–H and O–H groups in total. The van der Waals surface area contributed by atoms with E-state index in [2.05, 4.69) is 5.32 Å². The molecule has 0 aliphatic carbocycles. The molecule has 0 saturated carbocycles. The van der Waals surface area contributed by atoms with E-state index in [0.717, 1.165) is 21.9 Å². The van der Waals surface area contributed by atoms with Crippen molar-refractivity contribution in [1.82, 2.24) is 5.32 Å². The zero-order valence-electron chi connectivity index (χ0n) is 19.0. The summed E-state index contributed by atoms with van der Waals surface area (Å²) >= 11 is 0.